The number of hydrogen-bond donors (Lipinski definition) is 1. The number of nitrogens with zero attached hydrogens (tertiary/aromatic N) is 5. The Morgan fingerprint density at radius 1 is 1.33 bits per heavy atom. The highest BCUT2D eigenvalue weighted by molar-refractivity contribution is 7.98. The van der Waals surface area contributed by atoms with Gasteiger partial charge in [0.05, 0.1) is 12.2 Å². The van der Waals surface area contributed by atoms with Gasteiger partial charge in [0.25, 0.3) is 0 Å². The monoisotopic (exact) mass is 308 g/mol. The van der Waals surface area contributed by atoms with Crippen LogP contribution in [0.1, 0.15) is 51.2 Å². The highest BCUT2D eigenvalue weighted by Gasteiger charge is 2.12. The molecule has 0 fully saturated rings. The molecule has 0 saturated heterocycles. The molecule has 2 heterocycles. The maximum atomic E-state index is 5.71. The average molecular weight is 308 g/mol. The molecule has 0 spiro atoms. The third kappa shape index (κ3) is 3.85. The molecule has 116 valence electrons. The lowest BCUT2D eigenvalue weighted by Crippen LogP contribution is -2.09. The van der Waals surface area contributed by atoms with Crippen molar-refractivity contribution in [3.05, 3.63) is 23.8 Å². The van der Waals surface area contributed by atoms with Gasteiger partial charge in [-0.1, -0.05) is 25.6 Å². The van der Waals surface area contributed by atoms with Crippen LogP contribution < -0.4 is 5.73 Å². The Hall–Kier alpha value is -1.34. The van der Waals surface area contributed by atoms with Crippen LogP contribution in [0.5, 0.6) is 0 Å². The van der Waals surface area contributed by atoms with Gasteiger partial charge >= 0.3 is 0 Å². The quantitative estimate of drug-likeness (QED) is 0.759. The zero-order chi connectivity index (χ0) is 15.2. The van der Waals surface area contributed by atoms with E-state index in [0.717, 1.165) is 41.8 Å². The topological polar surface area (TPSA) is 74.6 Å². The second-order valence-corrected chi connectivity index (χ2v) is 6.03. The molecule has 0 radical (unpaired) electrons. The van der Waals surface area contributed by atoms with Crippen LogP contribution >= 0.6 is 11.8 Å². The van der Waals surface area contributed by atoms with E-state index in [9.17, 15) is 0 Å². The van der Waals surface area contributed by atoms with Crippen LogP contribution in [0.25, 0.3) is 0 Å². The fourth-order valence-electron chi connectivity index (χ4n) is 2.05. The molecule has 6 nitrogen and oxygen atoms in total. The van der Waals surface area contributed by atoms with E-state index in [2.05, 4.69) is 46.7 Å². The first-order valence-corrected chi connectivity index (χ1v) is 8.47. The SMILES string of the molecule is CCCn1c(CN)nnc1SCc1ccn(C(C)CC)n1. The van der Waals surface area contributed by atoms with Crippen molar-refractivity contribution < 1.29 is 0 Å². The minimum Gasteiger partial charge on any atom is -0.324 e. The van der Waals surface area contributed by atoms with Gasteiger partial charge in [-0.2, -0.15) is 5.10 Å². The predicted molar refractivity (Wildman–Crippen MR) is 85.0 cm³/mol. The van der Waals surface area contributed by atoms with E-state index in [1.165, 1.54) is 0 Å². The van der Waals surface area contributed by atoms with Gasteiger partial charge in [-0.15, -0.1) is 10.2 Å². The molecule has 0 saturated carbocycles. The zero-order valence-electron chi connectivity index (χ0n) is 13.0. The number of hydrogen-bond acceptors (Lipinski definition) is 5. The van der Waals surface area contributed by atoms with E-state index < -0.39 is 0 Å². The smallest absolute Gasteiger partial charge is 0.191 e. The molecular formula is C14H24N6S. The van der Waals surface area contributed by atoms with Crippen LogP contribution in [0, 0.1) is 0 Å². The number of aromatic nitrogens is 5. The summed E-state index contributed by atoms with van der Waals surface area (Å²) in [6.07, 6.45) is 4.17. The molecule has 1 atom stereocenters. The van der Waals surface area contributed by atoms with Crippen molar-refractivity contribution >= 4 is 11.8 Å². The van der Waals surface area contributed by atoms with Gasteiger partial charge in [-0.05, 0) is 25.8 Å². The minimum atomic E-state index is 0.427. The molecule has 2 aromatic rings. The van der Waals surface area contributed by atoms with E-state index in [0.29, 0.717) is 12.6 Å². The molecule has 1 unspecified atom stereocenters. The summed E-state index contributed by atoms with van der Waals surface area (Å²) in [5.41, 5.74) is 6.78. The van der Waals surface area contributed by atoms with E-state index in [1.54, 1.807) is 11.8 Å². The molecule has 0 aliphatic heterocycles. The molecule has 7 heteroatoms. The number of nitrogens with two attached hydrogens (primary N) is 1. The maximum absolute atomic E-state index is 5.71. The molecule has 0 amide bonds. The van der Waals surface area contributed by atoms with Crippen LogP contribution in [-0.4, -0.2) is 24.5 Å². The molecule has 0 aliphatic rings. The first-order chi connectivity index (χ1) is 10.2. The van der Waals surface area contributed by atoms with Crippen LogP contribution in [0.4, 0.5) is 0 Å². The fraction of sp³-hybridized carbons (Fsp3) is 0.643. The van der Waals surface area contributed by atoms with Crippen LogP contribution in [0.2, 0.25) is 0 Å². The summed E-state index contributed by atoms with van der Waals surface area (Å²) in [7, 11) is 0. The fourth-order valence-corrected chi connectivity index (χ4v) is 2.93. The second-order valence-electron chi connectivity index (χ2n) is 5.09. The Kier molecular flexibility index (Phi) is 5.81. The summed E-state index contributed by atoms with van der Waals surface area (Å²) in [5.74, 6) is 1.65. The molecular weight excluding hydrogens is 284 g/mol. The van der Waals surface area contributed by atoms with Gasteiger partial charge in [-0.3, -0.25) is 4.68 Å². The highest BCUT2D eigenvalue weighted by atomic mass is 32.2. The van der Waals surface area contributed by atoms with Gasteiger partial charge in [-0.25, -0.2) is 0 Å². The third-order valence-electron chi connectivity index (χ3n) is 3.48. The normalized spacial score (nSPS) is 12.8. The van der Waals surface area contributed by atoms with Crippen LogP contribution in [0.15, 0.2) is 17.4 Å². The number of thioether (sulfide) groups is 1. The van der Waals surface area contributed by atoms with Crippen LogP contribution in [0.3, 0.4) is 0 Å². The summed E-state index contributed by atoms with van der Waals surface area (Å²) in [5, 5.41) is 13.9. The predicted octanol–water partition coefficient (Wildman–Crippen LogP) is 2.61. The highest BCUT2D eigenvalue weighted by Crippen LogP contribution is 2.22. The van der Waals surface area contributed by atoms with Crippen molar-refractivity contribution in [1.82, 2.24) is 24.5 Å². The van der Waals surface area contributed by atoms with Gasteiger partial charge in [0, 0.05) is 24.5 Å². The Bertz CT molecular complexity index is 562. The Morgan fingerprint density at radius 3 is 2.81 bits per heavy atom. The molecule has 2 aromatic heterocycles. The lowest BCUT2D eigenvalue weighted by Gasteiger charge is -2.08. The lowest BCUT2D eigenvalue weighted by atomic mass is 10.3. The first-order valence-electron chi connectivity index (χ1n) is 7.48. The van der Waals surface area contributed by atoms with Crippen molar-refractivity contribution in [2.45, 2.75) is 63.7 Å². The van der Waals surface area contributed by atoms with E-state index in [4.69, 9.17) is 5.73 Å². The van der Waals surface area contributed by atoms with E-state index in [-0.39, 0.29) is 0 Å². The molecule has 2 N–H and O–H groups in total. The zero-order valence-corrected chi connectivity index (χ0v) is 13.8. The van der Waals surface area contributed by atoms with Gasteiger partial charge < -0.3 is 10.3 Å². The van der Waals surface area contributed by atoms with Gasteiger partial charge in [0.2, 0.25) is 0 Å². The van der Waals surface area contributed by atoms with Crippen molar-refractivity contribution in [3.63, 3.8) is 0 Å². The maximum Gasteiger partial charge on any atom is 0.191 e. The van der Waals surface area contributed by atoms with E-state index in [1.807, 2.05) is 10.9 Å². The molecule has 0 aromatic carbocycles. The lowest BCUT2D eigenvalue weighted by molar-refractivity contribution is 0.475. The first kappa shape index (κ1) is 16.0. The molecule has 2 rings (SSSR count). The molecule has 21 heavy (non-hydrogen) atoms. The third-order valence-corrected chi connectivity index (χ3v) is 4.48. The van der Waals surface area contributed by atoms with Gasteiger partial charge in [0.1, 0.15) is 5.82 Å². The average Bonchev–Trinajstić information content (AvgIpc) is 3.11. The summed E-state index contributed by atoms with van der Waals surface area (Å²) >= 11 is 1.67. The Balaban J connectivity index is 2.02. The van der Waals surface area contributed by atoms with Crippen LogP contribution in [-0.2, 0) is 18.8 Å². The summed E-state index contributed by atoms with van der Waals surface area (Å²) in [6.45, 7) is 7.82. The van der Waals surface area contributed by atoms with Crippen molar-refractivity contribution in [2.24, 2.45) is 5.73 Å². The number of rotatable bonds is 8. The summed E-state index contributed by atoms with van der Waals surface area (Å²) in [4.78, 5) is 0. The van der Waals surface area contributed by atoms with Crippen molar-refractivity contribution in [2.75, 3.05) is 0 Å². The largest absolute Gasteiger partial charge is 0.324 e. The minimum absolute atomic E-state index is 0.427. The second kappa shape index (κ2) is 7.61. The summed E-state index contributed by atoms with van der Waals surface area (Å²) < 4.78 is 4.13. The van der Waals surface area contributed by atoms with Crippen molar-refractivity contribution in [3.8, 4) is 0 Å². The summed E-state index contributed by atoms with van der Waals surface area (Å²) in [6, 6.07) is 2.51. The Labute approximate surface area is 130 Å². The van der Waals surface area contributed by atoms with Crippen molar-refractivity contribution in [1.29, 1.82) is 0 Å². The van der Waals surface area contributed by atoms with E-state index >= 15 is 0 Å². The Morgan fingerprint density at radius 2 is 2.14 bits per heavy atom. The van der Waals surface area contributed by atoms with Gasteiger partial charge in [0.15, 0.2) is 5.16 Å². The molecule has 0 aliphatic carbocycles. The standard InChI is InChI=1S/C14H24N6S/c1-4-7-19-13(9-15)16-17-14(19)21-10-12-6-8-20(18-12)11(3)5-2/h6,8,11H,4-5,7,9-10,15H2,1-3H3. The molecule has 0 bridgehead atoms.